The predicted molar refractivity (Wildman–Crippen MR) is 76.6 cm³/mol. The highest BCUT2D eigenvalue weighted by atomic mass is 35.5. The number of aromatic nitrogens is 3. The molecule has 3 rings (SSSR count). The quantitative estimate of drug-likeness (QED) is 0.760. The van der Waals surface area contributed by atoms with Crippen LogP contribution < -0.4 is 5.32 Å². The molecule has 0 saturated carbocycles. The van der Waals surface area contributed by atoms with Gasteiger partial charge in [-0.25, -0.2) is 0 Å². The molecule has 0 aliphatic carbocycles. The van der Waals surface area contributed by atoms with Gasteiger partial charge in [-0.2, -0.15) is 4.98 Å². The Balaban J connectivity index is 1.80. The third-order valence-electron chi connectivity index (χ3n) is 2.63. The van der Waals surface area contributed by atoms with Crippen LogP contribution in [0.5, 0.6) is 0 Å². The van der Waals surface area contributed by atoms with Crippen LogP contribution in [0.3, 0.4) is 0 Å². The van der Waals surface area contributed by atoms with E-state index < -0.39 is 0 Å². The molecule has 0 amide bonds. The Hall–Kier alpha value is -2.33. The molecule has 1 heterocycles. The summed E-state index contributed by atoms with van der Waals surface area (Å²) < 4.78 is 0. The summed E-state index contributed by atoms with van der Waals surface area (Å²) in [7, 11) is 0. The van der Waals surface area contributed by atoms with Crippen LogP contribution in [0.15, 0.2) is 54.6 Å². The molecule has 0 fully saturated rings. The molecule has 0 unspecified atom stereocenters. The van der Waals surface area contributed by atoms with Crippen LogP contribution in [0, 0.1) is 0 Å². The largest absolute Gasteiger partial charge is 0.323 e. The van der Waals surface area contributed by atoms with E-state index >= 15 is 0 Å². The van der Waals surface area contributed by atoms with Crippen molar-refractivity contribution in [2.24, 2.45) is 0 Å². The Kier molecular flexibility index (Phi) is 3.16. The number of H-pyrrole nitrogens is 1. The van der Waals surface area contributed by atoms with Gasteiger partial charge in [0.25, 0.3) is 0 Å². The normalized spacial score (nSPS) is 10.4. The topological polar surface area (TPSA) is 53.6 Å². The molecule has 3 aromatic rings. The van der Waals surface area contributed by atoms with E-state index in [9.17, 15) is 0 Å². The minimum absolute atomic E-state index is 0.529. The number of aromatic amines is 1. The average Bonchev–Trinajstić information content (AvgIpc) is 2.91. The highest BCUT2D eigenvalue weighted by Crippen LogP contribution is 2.19. The number of rotatable bonds is 3. The van der Waals surface area contributed by atoms with Gasteiger partial charge in [0.15, 0.2) is 5.82 Å². The fraction of sp³-hybridized carbons (Fsp3) is 0. The third kappa shape index (κ3) is 2.74. The second-order valence-corrected chi connectivity index (χ2v) is 4.44. The number of nitrogens with zero attached hydrogens (tertiary/aromatic N) is 2. The summed E-state index contributed by atoms with van der Waals surface area (Å²) >= 11 is 5.83. The lowest BCUT2D eigenvalue weighted by molar-refractivity contribution is 1.10. The van der Waals surface area contributed by atoms with E-state index in [0.717, 1.165) is 17.1 Å². The summed E-state index contributed by atoms with van der Waals surface area (Å²) in [5, 5.41) is 10.8. The Bertz CT molecular complexity index is 661. The number of hydrogen-bond donors (Lipinski definition) is 2. The number of benzene rings is 2. The van der Waals surface area contributed by atoms with Gasteiger partial charge in [0, 0.05) is 16.3 Å². The van der Waals surface area contributed by atoms with Crippen LogP contribution in [0.25, 0.3) is 11.4 Å². The molecule has 5 heteroatoms. The van der Waals surface area contributed by atoms with Crippen molar-refractivity contribution in [3.63, 3.8) is 0 Å². The number of anilines is 2. The fourth-order valence-electron chi connectivity index (χ4n) is 1.71. The summed E-state index contributed by atoms with van der Waals surface area (Å²) in [6.07, 6.45) is 0. The smallest absolute Gasteiger partial charge is 0.246 e. The van der Waals surface area contributed by atoms with Crippen LogP contribution in [-0.4, -0.2) is 15.2 Å². The van der Waals surface area contributed by atoms with E-state index in [1.807, 2.05) is 54.6 Å². The molecule has 19 heavy (non-hydrogen) atoms. The van der Waals surface area contributed by atoms with Gasteiger partial charge in [0.1, 0.15) is 0 Å². The lowest BCUT2D eigenvalue weighted by Crippen LogP contribution is -1.91. The van der Waals surface area contributed by atoms with Gasteiger partial charge >= 0.3 is 0 Å². The maximum Gasteiger partial charge on any atom is 0.246 e. The highest BCUT2D eigenvalue weighted by Gasteiger charge is 2.05. The summed E-state index contributed by atoms with van der Waals surface area (Å²) in [6, 6.07) is 17.2. The molecule has 4 nitrogen and oxygen atoms in total. The van der Waals surface area contributed by atoms with Gasteiger partial charge in [0.05, 0.1) is 0 Å². The van der Waals surface area contributed by atoms with Crippen molar-refractivity contribution >= 4 is 23.2 Å². The number of hydrogen-bond acceptors (Lipinski definition) is 3. The molecule has 2 N–H and O–H groups in total. The molecule has 0 radical (unpaired) electrons. The molecule has 0 bridgehead atoms. The summed E-state index contributed by atoms with van der Waals surface area (Å²) in [4.78, 5) is 4.39. The van der Waals surface area contributed by atoms with Crippen LogP contribution in [0.2, 0.25) is 5.02 Å². The summed E-state index contributed by atoms with van der Waals surface area (Å²) in [6.45, 7) is 0. The van der Waals surface area contributed by atoms with Gasteiger partial charge in [-0.05, 0) is 24.3 Å². The zero-order valence-corrected chi connectivity index (χ0v) is 10.7. The minimum Gasteiger partial charge on any atom is -0.323 e. The number of nitrogens with one attached hydrogen (secondary N) is 2. The standard InChI is InChI=1S/C14H11ClN4/c15-11-6-8-12(9-7-11)16-14-17-13(18-19-14)10-4-2-1-3-5-10/h1-9H,(H2,16,17,18,19). The van der Waals surface area contributed by atoms with Crippen molar-refractivity contribution in [3.05, 3.63) is 59.6 Å². The maximum atomic E-state index is 5.83. The van der Waals surface area contributed by atoms with Crippen LogP contribution in [0.4, 0.5) is 11.6 Å². The van der Waals surface area contributed by atoms with E-state index in [2.05, 4.69) is 20.5 Å². The fourth-order valence-corrected chi connectivity index (χ4v) is 1.83. The number of halogens is 1. The minimum atomic E-state index is 0.529. The monoisotopic (exact) mass is 270 g/mol. The van der Waals surface area contributed by atoms with Gasteiger partial charge in [-0.3, -0.25) is 5.10 Å². The molecule has 0 saturated heterocycles. The first-order valence-electron chi connectivity index (χ1n) is 5.82. The van der Waals surface area contributed by atoms with Crippen LogP contribution in [-0.2, 0) is 0 Å². The van der Waals surface area contributed by atoms with Crippen molar-refractivity contribution in [1.29, 1.82) is 0 Å². The summed E-state index contributed by atoms with van der Waals surface area (Å²) in [5.74, 6) is 1.26. The van der Waals surface area contributed by atoms with Crippen molar-refractivity contribution in [1.82, 2.24) is 15.2 Å². The lowest BCUT2D eigenvalue weighted by atomic mass is 10.2. The maximum absolute atomic E-state index is 5.83. The molecular weight excluding hydrogens is 260 g/mol. The van der Waals surface area contributed by atoms with E-state index in [4.69, 9.17) is 11.6 Å². The second kappa shape index (κ2) is 5.12. The molecule has 0 spiro atoms. The Labute approximate surface area is 115 Å². The molecule has 0 atom stereocenters. The molecular formula is C14H11ClN4. The molecule has 2 aromatic carbocycles. The van der Waals surface area contributed by atoms with Crippen LogP contribution >= 0.6 is 11.6 Å². The summed E-state index contributed by atoms with van der Waals surface area (Å²) in [5.41, 5.74) is 1.89. The average molecular weight is 271 g/mol. The van der Waals surface area contributed by atoms with Crippen molar-refractivity contribution in [2.75, 3.05) is 5.32 Å². The van der Waals surface area contributed by atoms with Crippen LogP contribution in [0.1, 0.15) is 0 Å². The Morgan fingerprint density at radius 1 is 0.947 bits per heavy atom. The van der Waals surface area contributed by atoms with Crippen molar-refractivity contribution in [3.8, 4) is 11.4 Å². The molecule has 94 valence electrons. The highest BCUT2D eigenvalue weighted by molar-refractivity contribution is 6.30. The first kappa shape index (κ1) is 11.7. The first-order chi connectivity index (χ1) is 9.31. The van der Waals surface area contributed by atoms with Crippen molar-refractivity contribution in [2.45, 2.75) is 0 Å². The first-order valence-corrected chi connectivity index (χ1v) is 6.19. The third-order valence-corrected chi connectivity index (χ3v) is 2.88. The van der Waals surface area contributed by atoms with Gasteiger partial charge in [-0.1, -0.05) is 41.9 Å². The molecule has 0 aliphatic rings. The molecule has 1 aromatic heterocycles. The lowest BCUT2D eigenvalue weighted by Gasteiger charge is -2.00. The zero-order valence-electron chi connectivity index (χ0n) is 9.97. The van der Waals surface area contributed by atoms with E-state index in [1.54, 1.807) is 0 Å². The van der Waals surface area contributed by atoms with Gasteiger partial charge in [-0.15, -0.1) is 5.10 Å². The van der Waals surface area contributed by atoms with Crippen molar-refractivity contribution < 1.29 is 0 Å². The van der Waals surface area contributed by atoms with Gasteiger partial charge in [0.2, 0.25) is 5.95 Å². The Morgan fingerprint density at radius 3 is 2.42 bits per heavy atom. The Morgan fingerprint density at radius 2 is 1.68 bits per heavy atom. The zero-order chi connectivity index (χ0) is 13.1. The van der Waals surface area contributed by atoms with E-state index in [1.165, 1.54) is 0 Å². The predicted octanol–water partition coefficient (Wildman–Crippen LogP) is 3.87. The van der Waals surface area contributed by atoms with Gasteiger partial charge < -0.3 is 5.32 Å². The SMILES string of the molecule is Clc1ccc(Nc2n[nH]c(-c3ccccc3)n2)cc1. The van der Waals surface area contributed by atoms with E-state index in [0.29, 0.717) is 11.0 Å². The molecule has 0 aliphatic heterocycles. The second-order valence-electron chi connectivity index (χ2n) is 4.01. The van der Waals surface area contributed by atoms with E-state index in [-0.39, 0.29) is 0 Å².